The molecule has 1 saturated carbocycles. The molecule has 1 aliphatic carbocycles. The first-order valence-corrected chi connectivity index (χ1v) is 6.66. The molecular weight excluding hydrogens is 242 g/mol. The average Bonchev–Trinajstić information content (AvgIpc) is 2.41. The van der Waals surface area contributed by atoms with Crippen molar-refractivity contribution >= 4 is 5.91 Å². The third-order valence-corrected chi connectivity index (χ3v) is 3.40. The minimum Gasteiger partial charge on any atom is -0.474 e. The van der Waals surface area contributed by atoms with Gasteiger partial charge in [0.25, 0.3) is 5.91 Å². The molecule has 1 heterocycles. The highest BCUT2D eigenvalue weighted by molar-refractivity contribution is 5.93. The van der Waals surface area contributed by atoms with Crippen molar-refractivity contribution in [3.8, 4) is 5.88 Å². The maximum Gasteiger partial charge on any atom is 0.254 e. The minimum atomic E-state index is -0.0531. The molecule has 0 aromatic carbocycles. The van der Waals surface area contributed by atoms with Gasteiger partial charge in [0, 0.05) is 32.4 Å². The normalized spacial score (nSPS) is 22.9. The predicted octanol–water partition coefficient (Wildman–Crippen LogP) is 1.43. The molecule has 104 valence electrons. The Hall–Kier alpha value is -1.62. The Morgan fingerprint density at radius 3 is 2.53 bits per heavy atom. The fourth-order valence-corrected chi connectivity index (χ4v) is 2.21. The number of nitrogens with two attached hydrogens (primary N) is 1. The molecular formula is C14H21N3O2. The van der Waals surface area contributed by atoms with E-state index in [1.165, 1.54) is 4.90 Å². The number of nitrogens with zero attached hydrogens (tertiary/aromatic N) is 2. The van der Waals surface area contributed by atoms with Crippen molar-refractivity contribution in [2.45, 2.75) is 37.8 Å². The molecule has 2 N–H and O–H groups in total. The first-order chi connectivity index (χ1) is 9.06. The van der Waals surface area contributed by atoms with E-state index < -0.39 is 0 Å². The van der Waals surface area contributed by atoms with E-state index in [1.54, 1.807) is 32.4 Å². The summed E-state index contributed by atoms with van der Waals surface area (Å²) in [6, 6.07) is 3.82. The minimum absolute atomic E-state index is 0.0531. The topological polar surface area (TPSA) is 68.5 Å². The van der Waals surface area contributed by atoms with Crippen LogP contribution in [0.4, 0.5) is 0 Å². The molecule has 0 aliphatic heterocycles. The zero-order valence-electron chi connectivity index (χ0n) is 11.5. The molecule has 0 unspecified atom stereocenters. The highest BCUT2D eigenvalue weighted by Gasteiger charge is 2.20. The van der Waals surface area contributed by atoms with E-state index in [0.717, 1.165) is 25.7 Å². The van der Waals surface area contributed by atoms with E-state index in [9.17, 15) is 4.79 Å². The van der Waals surface area contributed by atoms with Crippen molar-refractivity contribution in [3.63, 3.8) is 0 Å². The SMILES string of the molecule is CN(C)C(=O)c1ccc(OC2CCC(N)CC2)nc1. The Kier molecular flexibility index (Phi) is 4.37. The van der Waals surface area contributed by atoms with E-state index >= 15 is 0 Å². The number of pyridine rings is 1. The van der Waals surface area contributed by atoms with Crippen LogP contribution in [0.3, 0.4) is 0 Å². The monoisotopic (exact) mass is 263 g/mol. The van der Waals surface area contributed by atoms with E-state index in [0.29, 0.717) is 17.5 Å². The number of ether oxygens (including phenoxy) is 1. The molecule has 19 heavy (non-hydrogen) atoms. The van der Waals surface area contributed by atoms with Gasteiger partial charge in [0.2, 0.25) is 5.88 Å². The molecule has 5 nitrogen and oxygen atoms in total. The van der Waals surface area contributed by atoms with Crippen LogP contribution >= 0.6 is 0 Å². The molecule has 1 aromatic heterocycles. The number of aromatic nitrogens is 1. The summed E-state index contributed by atoms with van der Waals surface area (Å²) in [7, 11) is 3.44. The van der Waals surface area contributed by atoms with E-state index in [1.807, 2.05) is 0 Å². The van der Waals surface area contributed by atoms with Crippen LogP contribution in [0.15, 0.2) is 18.3 Å². The molecule has 0 atom stereocenters. The summed E-state index contributed by atoms with van der Waals surface area (Å²) in [5.74, 6) is 0.526. The number of carbonyl (C=O) groups excluding carboxylic acids is 1. The quantitative estimate of drug-likeness (QED) is 0.895. The van der Waals surface area contributed by atoms with Gasteiger partial charge in [0.15, 0.2) is 0 Å². The van der Waals surface area contributed by atoms with Crippen LogP contribution in [-0.2, 0) is 0 Å². The highest BCUT2D eigenvalue weighted by Crippen LogP contribution is 2.21. The van der Waals surface area contributed by atoms with Crippen LogP contribution in [0.5, 0.6) is 5.88 Å². The van der Waals surface area contributed by atoms with Gasteiger partial charge in [-0.25, -0.2) is 4.98 Å². The third-order valence-electron chi connectivity index (χ3n) is 3.40. The van der Waals surface area contributed by atoms with E-state index in [2.05, 4.69) is 4.98 Å². The van der Waals surface area contributed by atoms with Crippen LogP contribution in [0, 0.1) is 0 Å². The Morgan fingerprint density at radius 1 is 1.32 bits per heavy atom. The maximum atomic E-state index is 11.7. The number of hydrogen-bond donors (Lipinski definition) is 1. The van der Waals surface area contributed by atoms with Crippen LogP contribution < -0.4 is 10.5 Å². The zero-order valence-corrected chi connectivity index (χ0v) is 11.5. The lowest BCUT2D eigenvalue weighted by Gasteiger charge is -2.26. The van der Waals surface area contributed by atoms with Crippen molar-refractivity contribution in [2.24, 2.45) is 5.73 Å². The number of hydrogen-bond acceptors (Lipinski definition) is 4. The van der Waals surface area contributed by atoms with Crippen LogP contribution in [0.1, 0.15) is 36.0 Å². The lowest BCUT2D eigenvalue weighted by molar-refractivity contribution is 0.0827. The molecule has 5 heteroatoms. The molecule has 0 bridgehead atoms. The van der Waals surface area contributed by atoms with Crippen LogP contribution in [-0.4, -0.2) is 42.0 Å². The Bertz CT molecular complexity index is 423. The summed E-state index contributed by atoms with van der Waals surface area (Å²) in [4.78, 5) is 17.4. The Morgan fingerprint density at radius 2 is 2.00 bits per heavy atom. The average molecular weight is 263 g/mol. The van der Waals surface area contributed by atoms with Gasteiger partial charge < -0.3 is 15.4 Å². The smallest absolute Gasteiger partial charge is 0.254 e. The summed E-state index contributed by atoms with van der Waals surface area (Å²) in [5.41, 5.74) is 6.43. The van der Waals surface area contributed by atoms with Gasteiger partial charge in [0.05, 0.1) is 5.56 Å². The van der Waals surface area contributed by atoms with E-state index in [-0.39, 0.29) is 12.0 Å². The van der Waals surface area contributed by atoms with Crippen LogP contribution in [0.2, 0.25) is 0 Å². The molecule has 1 aliphatic rings. The summed E-state index contributed by atoms with van der Waals surface area (Å²) >= 11 is 0. The number of amides is 1. The first-order valence-electron chi connectivity index (χ1n) is 6.66. The van der Waals surface area contributed by atoms with Gasteiger partial charge in [0.1, 0.15) is 6.10 Å². The molecule has 2 rings (SSSR count). The first kappa shape index (κ1) is 13.8. The maximum absolute atomic E-state index is 11.7. The lowest BCUT2D eigenvalue weighted by atomic mass is 9.94. The molecule has 1 amide bonds. The van der Waals surface area contributed by atoms with Gasteiger partial charge >= 0.3 is 0 Å². The zero-order chi connectivity index (χ0) is 13.8. The molecule has 1 fully saturated rings. The van der Waals surface area contributed by atoms with Crippen molar-refractivity contribution < 1.29 is 9.53 Å². The number of rotatable bonds is 3. The van der Waals surface area contributed by atoms with E-state index in [4.69, 9.17) is 10.5 Å². The van der Waals surface area contributed by atoms with Gasteiger partial charge in [-0.3, -0.25) is 4.79 Å². The highest BCUT2D eigenvalue weighted by atomic mass is 16.5. The largest absolute Gasteiger partial charge is 0.474 e. The fraction of sp³-hybridized carbons (Fsp3) is 0.571. The fourth-order valence-electron chi connectivity index (χ4n) is 2.21. The summed E-state index contributed by atoms with van der Waals surface area (Å²) in [6.07, 6.45) is 5.71. The van der Waals surface area contributed by atoms with Gasteiger partial charge in [-0.15, -0.1) is 0 Å². The standard InChI is InChI=1S/C14H21N3O2/c1-17(2)14(18)10-3-8-13(16-9-10)19-12-6-4-11(15)5-7-12/h3,8-9,11-12H,4-7,15H2,1-2H3. The van der Waals surface area contributed by atoms with Crippen LogP contribution in [0.25, 0.3) is 0 Å². The van der Waals surface area contributed by atoms with Gasteiger partial charge in [-0.05, 0) is 31.7 Å². The van der Waals surface area contributed by atoms with Crippen molar-refractivity contribution in [1.82, 2.24) is 9.88 Å². The lowest BCUT2D eigenvalue weighted by Crippen LogP contribution is -2.31. The van der Waals surface area contributed by atoms with Crippen molar-refractivity contribution in [1.29, 1.82) is 0 Å². The molecule has 0 radical (unpaired) electrons. The summed E-state index contributed by atoms with van der Waals surface area (Å²) in [5, 5.41) is 0. The molecule has 0 spiro atoms. The molecule has 0 saturated heterocycles. The van der Waals surface area contributed by atoms with Crippen molar-refractivity contribution in [2.75, 3.05) is 14.1 Å². The van der Waals surface area contributed by atoms with Crippen molar-refractivity contribution in [3.05, 3.63) is 23.9 Å². The second-order valence-electron chi connectivity index (χ2n) is 5.24. The predicted molar refractivity (Wildman–Crippen MR) is 73.1 cm³/mol. The summed E-state index contributed by atoms with van der Waals surface area (Å²) < 4.78 is 5.81. The summed E-state index contributed by atoms with van der Waals surface area (Å²) in [6.45, 7) is 0. The Balaban J connectivity index is 1.93. The third kappa shape index (κ3) is 3.67. The second kappa shape index (κ2) is 6.02. The van der Waals surface area contributed by atoms with Gasteiger partial charge in [-0.2, -0.15) is 0 Å². The molecule has 1 aromatic rings. The second-order valence-corrected chi connectivity index (χ2v) is 5.24. The van der Waals surface area contributed by atoms with Gasteiger partial charge in [-0.1, -0.05) is 0 Å². The number of carbonyl (C=O) groups is 1. The Labute approximate surface area is 113 Å².